The van der Waals surface area contributed by atoms with E-state index in [2.05, 4.69) is 5.32 Å². The van der Waals surface area contributed by atoms with Crippen LogP contribution in [0.3, 0.4) is 0 Å². The summed E-state index contributed by atoms with van der Waals surface area (Å²) in [7, 11) is 2.97. The number of amides is 1. The highest BCUT2D eigenvalue weighted by Crippen LogP contribution is 2.28. The van der Waals surface area contributed by atoms with Crippen molar-refractivity contribution in [3.8, 4) is 11.5 Å². The molecular formula is C18H17ClN2O7. The second-order valence-electron chi connectivity index (χ2n) is 5.49. The van der Waals surface area contributed by atoms with Gasteiger partial charge in [0.05, 0.1) is 25.6 Å². The molecule has 0 bridgehead atoms. The van der Waals surface area contributed by atoms with Crippen molar-refractivity contribution < 1.29 is 28.7 Å². The van der Waals surface area contributed by atoms with Crippen molar-refractivity contribution >= 4 is 34.9 Å². The molecule has 148 valence electrons. The van der Waals surface area contributed by atoms with Crippen LogP contribution in [0.15, 0.2) is 36.4 Å². The van der Waals surface area contributed by atoms with Gasteiger partial charge in [-0.15, -0.1) is 0 Å². The first-order valence-corrected chi connectivity index (χ1v) is 8.32. The summed E-state index contributed by atoms with van der Waals surface area (Å²) in [4.78, 5) is 34.2. The molecule has 1 amide bonds. The number of nitrogens with one attached hydrogen (secondary N) is 1. The molecule has 0 heterocycles. The fraction of sp³-hybridized carbons (Fsp3) is 0.222. The number of nitrogens with zero attached hydrogens (tertiary/aromatic N) is 1. The minimum atomic E-state index is -0.731. The molecule has 2 aromatic carbocycles. The fourth-order valence-electron chi connectivity index (χ4n) is 2.31. The van der Waals surface area contributed by atoms with Crippen molar-refractivity contribution in [2.45, 2.75) is 6.42 Å². The molecule has 2 aromatic rings. The zero-order valence-corrected chi connectivity index (χ0v) is 15.8. The van der Waals surface area contributed by atoms with Crippen LogP contribution in [0.1, 0.15) is 5.56 Å². The molecule has 28 heavy (non-hydrogen) atoms. The summed E-state index contributed by atoms with van der Waals surface area (Å²) in [6, 6.07) is 8.67. The second-order valence-corrected chi connectivity index (χ2v) is 5.93. The molecule has 0 radical (unpaired) electrons. The van der Waals surface area contributed by atoms with Crippen molar-refractivity contribution in [2.75, 3.05) is 26.1 Å². The van der Waals surface area contributed by atoms with E-state index in [1.165, 1.54) is 32.4 Å². The molecule has 0 aliphatic heterocycles. The van der Waals surface area contributed by atoms with Crippen molar-refractivity contribution in [1.82, 2.24) is 0 Å². The Bertz CT molecular complexity index is 901. The first-order valence-electron chi connectivity index (χ1n) is 7.94. The van der Waals surface area contributed by atoms with Crippen LogP contribution in [0.4, 0.5) is 11.4 Å². The van der Waals surface area contributed by atoms with E-state index in [0.717, 1.165) is 0 Å². The van der Waals surface area contributed by atoms with Gasteiger partial charge in [-0.25, -0.2) is 0 Å². The van der Waals surface area contributed by atoms with Crippen LogP contribution < -0.4 is 14.8 Å². The summed E-state index contributed by atoms with van der Waals surface area (Å²) in [5.41, 5.74) is 0.196. The fourth-order valence-corrected chi connectivity index (χ4v) is 2.48. The maximum Gasteiger partial charge on any atom is 0.310 e. The number of nitro groups is 1. The van der Waals surface area contributed by atoms with Crippen molar-refractivity contribution in [2.24, 2.45) is 0 Å². The van der Waals surface area contributed by atoms with Crippen LogP contribution in [0, 0.1) is 10.1 Å². The highest BCUT2D eigenvalue weighted by atomic mass is 35.5. The Morgan fingerprint density at radius 3 is 2.46 bits per heavy atom. The third kappa shape index (κ3) is 5.58. The highest BCUT2D eigenvalue weighted by Gasteiger charge is 2.17. The van der Waals surface area contributed by atoms with Gasteiger partial charge in [0.25, 0.3) is 11.6 Å². The number of ether oxygens (including phenoxy) is 3. The SMILES string of the molecule is COc1ccc(CC(=O)OCC(=O)Nc2cc(Cl)ccc2[N+](=O)[O-])cc1OC. The van der Waals surface area contributed by atoms with E-state index in [4.69, 9.17) is 25.8 Å². The van der Waals surface area contributed by atoms with Gasteiger partial charge in [0.15, 0.2) is 18.1 Å². The average Bonchev–Trinajstić information content (AvgIpc) is 2.66. The number of hydrogen-bond donors (Lipinski definition) is 1. The summed E-state index contributed by atoms with van der Waals surface area (Å²) in [6.45, 7) is -0.601. The Morgan fingerprint density at radius 1 is 1.11 bits per heavy atom. The number of anilines is 1. The molecule has 0 aliphatic rings. The number of carbonyl (C=O) groups is 2. The number of esters is 1. The van der Waals surface area contributed by atoms with Gasteiger partial charge < -0.3 is 19.5 Å². The Hall–Kier alpha value is -3.33. The van der Waals surface area contributed by atoms with E-state index < -0.39 is 23.4 Å². The van der Waals surface area contributed by atoms with Crippen LogP contribution in [-0.4, -0.2) is 37.6 Å². The minimum absolute atomic E-state index is 0.0848. The molecule has 10 heteroatoms. The van der Waals surface area contributed by atoms with Gasteiger partial charge in [-0.05, 0) is 29.8 Å². The molecular weight excluding hydrogens is 392 g/mol. The summed E-state index contributed by atoms with van der Waals surface area (Å²) in [5.74, 6) is -0.407. The quantitative estimate of drug-likeness (QED) is 0.405. The number of carbonyl (C=O) groups excluding carboxylic acids is 2. The Balaban J connectivity index is 1.94. The first kappa shape index (κ1) is 21.0. The van der Waals surface area contributed by atoms with E-state index in [-0.39, 0.29) is 22.8 Å². The summed E-state index contributed by atoms with van der Waals surface area (Å²) in [5, 5.41) is 13.5. The molecule has 0 aliphatic carbocycles. The summed E-state index contributed by atoms with van der Waals surface area (Å²) in [6.07, 6.45) is -0.0923. The molecule has 0 saturated heterocycles. The van der Waals surface area contributed by atoms with Gasteiger partial charge in [-0.2, -0.15) is 0 Å². The highest BCUT2D eigenvalue weighted by molar-refractivity contribution is 6.31. The van der Waals surface area contributed by atoms with Gasteiger partial charge in [0.1, 0.15) is 5.69 Å². The topological polar surface area (TPSA) is 117 Å². The van der Waals surface area contributed by atoms with E-state index in [9.17, 15) is 19.7 Å². The summed E-state index contributed by atoms with van der Waals surface area (Å²) >= 11 is 5.79. The monoisotopic (exact) mass is 408 g/mol. The Kier molecular flexibility index (Phi) is 7.16. The van der Waals surface area contributed by atoms with E-state index >= 15 is 0 Å². The van der Waals surface area contributed by atoms with Gasteiger partial charge >= 0.3 is 5.97 Å². The van der Waals surface area contributed by atoms with Crippen LogP contribution >= 0.6 is 11.6 Å². The normalized spacial score (nSPS) is 10.1. The number of hydrogen-bond acceptors (Lipinski definition) is 7. The van der Waals surface area contributed by atoms with Gasteiger partial charge in [0.2, 0.25) is 0 Å². The lowest BCUT2D eigenvalue weighted by Crippen LogP contribution is -2.22. The zero-order valence-electron chi connectivity index (χ0n) is 15.1. The summed E-state index contributed by atoms with van der Waals surface area (Å²) < 4.78 is 15.2. The van der Waals surface area contributed by atoms with Gasteiger partial charge in [0, 0.05) is 11.1 Å². The van der Waals surface area contributed by atoms with Crippen molar-refractivity contribution in [3.05, 3.63) is 57.1 Å². The molecule has 0 aromatic heterocycles. The maximum absolute atomic E-state index is 11.9. The van der Waals surface area contributed by atoms with Crippen LogP contribution in [-0.2, 0) is 20.7 Å². The van der Waals surface area contributed by atoms with E-state index in [1.54, 1.807) is 18.2 Å². The maximum atomic E-state index is 11.9. The zero-order chi connectivity index (χ0) is 20.7. The minimum Gasteiger partial charge on any atom is -0.493 e. The van der Waals surface area contributed by atoms with E-state index in [0.29, 0.717) is 17.1 Å². The Morgan fingerprint density at radius 2 is 1.82 bits per heavy atom. The lowest BCUT2D eigenvalue weighted by atomic mass is 10.1. The molecule has 0 spiro atoms. The smallest absolute Gasteiger partial charge is 0.310 e. The molecule has 0 unspecified atom stereocenters. The molecule has 1 N–H and O–H groups in total. The lowest BCUT2D eigenvalue weighted by molar-refractivity contribution is -0.383. The number of rotatable bonds is 8. The van der Waals surface area contributed by atoms with Crippen LogP contribution in [0.2, 0.25) is 5.02 Å². The third-order valence-corrected chi connectivity index (χ3v) is 3.83. The predicted molar refractivity (Wildman–Crippen MR) is 101 cm³/mol. The van der Waals surface area contributed by atoms with Crippen LogP contribution in [0.25, 0.3) is 0 Å². The molecule has 0 fully saturated rings. The largest absolute Gasteiger partial charge is 0.493 e. The standard InChI is InChI=1S/C18H17ClN2O7/c1-26-15-6-3-11(7-16(15)27-2)8-18(23)28-10-17(22)20-13-9-12(19)4-5-14(13)21(24)25/h3-7,9H,8,10H2,1-2H3,(H,20,22). The molecule has 0 saturated carbocycles. The lowest BCUT2D eigenvalue weighted by Gasteiger charge is -2.10. The predicted octanol–water partition coefficient (Wildman–Crippen LogP) is 2.99. The molecule has 2 rings (SSSR count). The average molecular weight is 409 g/mol. The molecule has 0 atom stereocenters. The molecule has 9 nitrogen and oxygen atoms in total. The second kappa shape index (κ2) is 9.56. The first-order chi connectivity index (χ1) is 13.3. The Labute approximate surface area is 165 Å². The van der Waals surface area contributed by atoms with Crippen molar-refractivity contribution in [3.63, 3.8) is 0 Å². The number of halogens is 1. The number of nitro benzene ring substituents is 1. The number of methoxy groups -OCH3 is 2. The number of benzene rings is 2. The van der Waals surface area contributed by atoms with Gasteiger partial charge in [-0.1, -0.05) is 17.7 Å². The van der Waals surface area contributed by atoms with Gasteiger partial charge in [-0.3, -0.25) is 19.7 Å². The van der Waals surface area contributed by atoms with Crippen LogP contribution in [0.5, 0.6) is 11.5 Å². The van der Waals surface area contributed by atoms with E-state index in [1.807, 2.05) is 0 Å². The van der Waals surface area contributed by atoms with Crippen molar-refractivity contribution in [1.29, 1.82) is 0 Å². The third-order valence-electron chi connectivity index (χ3n) is 3.59.